The lowest BCUT2D eigenvalue weighted by atomic mass is 9.95. The third-order valence-corrected chi connectivity index (χ3v) is 5.41. The molecule has 1 heterocycles. The molecular formula is C20H25BrN2O3. The number of benzene rings is 2. The molecule has 2 aromatic carbocycles. The standard InChI is InChI=1S/C20H25BrN2O3/c1-24-15-6-4-5-14(11-15)20(23-9-7-22-8-10-23)16-12-18(25-2)19(26-3)13-17(16)21/h4-6,11-13,20,22H,7-10H2,1-3H3. The van der Waals surface area contributed by atoms with E-state index in [1.807, 2.05) is 18.2 Å². The summed E-state index contributed by atoms with van der Waals surface area (Å²) in [5.74, 6) is 2.31. The van der Waals surface area contributed by atoms with Gasteiger partial charge in [0.25, 0.3) is 0 Å². The Morgan fingerprint density at radius 2 is 1.65 bits per heavy atom. The van der Waals surface area contributed by atoms with E-state index in [1.54, 1.807) is 21.3 Å². The van der Waals surface area contributed by atoms with Crippen LogP contribution in [0.25, 0.3) is 0 Å². The van der Waals surface area contributed by atoms with E-state index in [2.05, 4.69) is 44.3 Å². The molecule has 5 nitrogen and oxygen atoms in total. The van der Waals surface area contributed by atoms with Crippen molar-refractivity contribution >= 4 is 15.9 Å². The Morgan fingerprint density at radius 1 is 0.962 bits per heavy atom. The summed E-state index contributed by atoms with van der Waals surface area (Å²) in [6, 6.07) is 12.4. The van der Waals surface area contributed by atoms with Crippen molar-refractivity contribution < 1.29 is 14.2 Å². The number of piperazine rings is 1. The van der Waals surface area contributed by atoms with Crippen molar-refractivity contribution in [1.29, 1.82) is 0 Å². The van der Waals surface area contributed by atoms with Gasteiger partial charge in [-0.25, -0.2) is 0 Å². The molecule has 0 aliphatic carbocycles. The molecule has 1 N–H and O–H groups in total. The summed E-state index contributed by atoms with van der Waals surface area (Å²) in [7, 11) is 5.02. The first-order valence-corrected chi connectivity index (χ1v) is 9.47. The SMILES string of the molecule is COc1cccc(C(c2cc(OC)c(OC)cc2Br)N2CCNCC2)c1. The fraction of sp³-hybridized carbons (Fsp3) is 0.400. The Balaban J connectivity index is 2.11. The number of nitrogens with one attached hydrogen (secondary N) is 1. The summed E-state index contributed by atoms with van der Waals surface area (Å²) in [6.07, 6.45) is 0. The van der Waals surface area contributed by atoms with E-state index in [0.717, 1.165) is 47.7 Å². The van der Waals surface area contributed by atoms with Crippen LogP contribution in [-0.4, -0.2) is 52.4 Å². The van der Waals surface area contributed by atoms with Crippen LogP contribution in [0.2, 0.25) is 0 Å². The van der Waals surface area contributed by atoms with E-state index in [4.69, 9.17) is 14.2 Å². The van der Waals surface area contributed by atoms with E-state index in [-0.39, 0.29) is 6.04 Å². The van der Waals surface area contributed by atoms with Gasteiger partial charge in [-0.3, -0.25) is 4.90 Å². The van der Waals surface area contributed by atoms with Crippen LogP contribution < -0.4 is 19.5 Å². The molecule has 140 valence electrons. The molecule has 0 spiro atoms. The van der Waals surface area contributed by atoms with Gasteiger partial charge in [-0.05, 0) is 35.4 Å². The van der Waals surface area contributed by atoms with E-state index >= 15 is 0 Å². The average molecular weight is 421 g/mol. The molecule has 0 amide bonds. The Kier molecular flexibility index (Phi) is 6.40. The summed E-state index contributed by atoms with van der Waals surface area (Å²) in [5, 5.41) is 3.43. The number of hydrogen-bond acceptors (Lipinski definition) is 5. The topological polar surface area (TPSA) is 43.0 Å². The molecule has 1 unspecified atom stereocenters. The van der Waals surface area contributed by atoms with Gasteiger partial charge >= 0.3 is 0 Å². The van der Waals surface area contributed by atoms with Gasteiger partial charge in [-0.2, -0.15) is 0 Å². The highest BCUT2D eigenvalue weighted by atomic mass is 79.9. The molecule has 0 saturated carbocycles. The molecule has 1 atom stereocenters. The number of ether oxygens (including phenoxy) is 3. The molecule has 1 aliphatic rings. The lowest BCUT2D eigenvalue weighted by molar-refractivity contribution is 0.197. The molecule has 26 heavy (non-hydrogen) atoms. The van der Waals surface area contributed by atoms with Gasteiger partial charge in [0.2, 0.25) is 0 Å². The fourth-order valence-corrected chi connectivity index (χ4v) is 3.96. The molecule has 2 aromatic rings. The molecule has 1 saturated heterocycles. The summed E-state index contributed by atoms with van der Waals surface area (Å²) >= 11 is 3.74. The van der Waals surface area contributed by atoms with E-state index in [1.165, 1.54) is 5.56 Å². The van der Waals surface area contributed by atoms with Crippen LogP contribution in [0.1, 0.15) is 17.2 Å². The third kappa shape index (κ3) is 3.98. The predicted octanol–water partition coefficient (Wildman–Crippen LogP) is 3.47. The van der Waals surface area contributed by atoms with Crippen molar-refractivity contribution in [1.82, 2.24) is 10.2 Å². The Morgan fingerprint density at radius 3 is 2.31 bits per heavy atom. The van der Waals surface area contributed by atoms with Gasteiger partial charge in [0.05, 0.1) is 27.4 Å². The van der Waals surface area contributed by atoms with Crippen LogP contribution in [0.15, 0.2) is 40.9 Å². The first kappa shape index (κ1) is 19.0. The van der Waals surface area contributed by atoms with Gasteiger partial charge < -0.3 is 19.5 Å². The van der Waals surface area contributed by atoms with Crippen molar-refractivity contribution in [2.24, 2.45) is 0 Å². The quantitative estimate of drug-likeness (QED) is 0.774. The minimum Gasteiger partial charge on any atom is -0.497 e. The predicted molar refractivity (Wildman–Crippen MR) is 107 cm³/mol. The van der Waals surface area contributed by atoms with Crippen molar-refractivity contribution in [3.63, 3.8) is 0 Å². The highest BCUT2D eigenvalue weighted by Crippen LogP contribution is 2.41. The second-order valence-electron chi connectivity index (χ2n) is 6.19. The smallest absolute Gasteiger partial charge is 0.161 e. The number of nitrogens with zero attached hydrogens (tertiary/aromatic N) is 1. The third-order valence-electron chi connectivity index (χ3n) is 4.72. The van der Waals surface area contributed by atoms with E-state index < -0.39 is 0 Å². The largest absolute Gasteiger partial charge is 0.497 e. The molecule has 0 bridgehead atoms. The van der Waals surface area contributed by atoms with Crippen LogP contribution in [0.3, 0.4) is 0 Å². The number of halogens is 1. The minimum atomic E-state index is 0.0985. The van der Waals surface area contributed by atoms with Crippen molar-refractivity contribution in [3.05, 3.63) is 52.0 Å². The van der Waals surface area contributed by atoms with Gasteiger partial charge in [0.1, 0.15) is 5.75 Å². The fourth-order valence-electron chi connectivity index (χ4n) is 3.42. The monoisotopic (exact) mass is 420 g/mol. The van der Waals surface area contributed by atoms with Crippen LogP contribution in [0.5, 0.6) is 17.2 Å². The van der Waals surface area contributed by atoms with Crippen molar-refractivity contribution in [2.75, 3.05) is 47.5 Å². The van der Waals surface area contributed by atoms with E-state index in [0.29, 0.717) is 5.75 Å². The van der Waals surface area contributed by atoms with Gasteiger partial charge in [0.15, 0.2) is 11.5 Å². The molecule has 1 fully saturated rings. The van der Waals surface area contributed by atoms with Crippen LogP contribution in [0, 0.1) is 0 Å². The second kappa shape index (κ2) is 8.75. The first-order valence-electron chi connectivity index (χ1n) is 8.68. The number of rotatable bonds is 6. The number of hydrogen-bond donors (Lipinski definition) is 1. The Labute approximate surface area is 163 Å². The zero-order chi connectivity index (χ0) is 18.5. The second-order valence-corrected chi connectivity index (χ2v) is 7.05. The molecule has 0 aromatic heterocycles. The summed E-state index contributed by atoms with van der Waals surface area (Å²) in [4.78, 5) is 2.48. The zero-order valence-electron chi connectivity index (χ0n) is 15.4. The Bertz CT molecular complexity index is 748. The van der Waals surface area contributed by atoms with Crippen molar-refractivity contribution in [3.8, 4) is 17.2 Å². The molecule has 3 rings (SSSR count). The maximum atomic E-state index is 5.55. The Hall–Kier alpha value is -1.76. The first-order chi connectivity index (χ1) is 12.7. The maximum absolute atomic E-state index is 5.55. The van der Waals surface area contributed by atoms with Crippen molar-refractivity contribution in [2.45, 2.75) is 6.04 Å². The highest BCUT2D eigenvalue weighted by Gasteiger charge is 2.27. The lowest BCUT2D eigenvalue weighted by Gasteiger charge is -2.36. The lowest BCUT2D eigenvalue weighted by Crippen LogP contribution is -2.45. The van der Waals surface area contributed by atoms with Crippen LogP contribution in [0.4, 0.5) is 0 Å². The summed E-state index contributed by atoms with van der Waals surface area (Å²) < 4.78 is 17.4. The number of methoxy groups -OCH3 is 3. The molecule has 6 heteroatoms. The van der Waals surface area contributed by atoms with Gasteiger partial charge in [0, 0.05) is 30.7 Å². The van der Waals surface area contributed by atoms with Gasteiger partial charge in [-0.15, -0.1) is 0 Å². The van der Waals surface area contributed by atoms with Crippen LogP contribution in [-0.2, 0) is 0 Å². The summed E-state index contributed by atoms with van der Waals surface area (Å²) in [5.41, 5.74) is 2.34. The average Bonchev–Trinajstić information content (AvgIpc) is 2.70. The molecule has 1 aliphatic heterocycles. The van der Waals surface area contributed by atoms with E-state index in [9.17, 15) is 0 Å². The highest BCUT2D eigenvalue weighted by molar-refractivity contribution is 9.10. The van der Waals surface area contributed by atoms with Crippen LogP contribution >= 0.6 is 15.9 Å². The zero-order valence-corrected chi connectivity index (χ0v) is 17.0. The minimum absolute atomic E-state index is 0.0985. The normalized spacial score (nSPS) is 16.2. The molecule has 0 radical (unpaired) electrons. The summed E-state index contributed by atoms with van der Waals surface area (Å²) in [6.45, 7) is 3.90. The van der Waals surface area contributed by atoms with Gasteiger partial charge in [-0.1, -0.05) is 28.1 Å². The maximum Gasteiger partial charge on any atom is 0.161 e. The molecular weight excluding hydrogens is 396 g/mol.